The highest BCUT2D eigenvalue weighted by atomic mass is 16.2. The topological polar surface area (TPSA) is 132 Å². The molecule has 0 radical (unpaired) electrons. The van der Waals surface area contributed by atoms with Gasteiger partial charge in [-0.3, -0.25) is 34.4 Å². The van der Waals surface area contributed by atoms with Crippen LogP contribution in [0.2, 0.25) is 0 Å². The first-order valence-corrected chi connectivity index (χ1v) is 24.4. The predicted molar refractivity (Wildman–Crippen MR) is 267 cm³/mol. The van der Waals surface area contributed by atoms with Gasteiger partial charge in [0.25, 0.3) is 11.8 Å². The van der Waals surface area contributed by atoms with Gasteiger partial charge in [-0.1, -0.05) is 91.4 Å². The first-order chi connectivity index (χ1) is 33.8. The summed E-state index contributed by atoms with van der Waals surface area (Å²) in [5.74, 6) is 6.61. The Hall–Kier alpha value is -7.33. The number of unbranched alkanes of at least 4 members (excludes halogenated alkanes) is 3. The molecule has 4 aliphatic rings. The summed E-state index contributed by atoms with van der Waals surface area (Å²) < 4.78 is 0. The van der Waals surface area contributed by atoms with E-state index in [1.54, 1.807) is 4.90 Å². The fourth-order valence-electron chi connectivity index (χ4n) is 9.91. The number of imide groups is 1. The van der Waals surface area contributed by atoms with E-state index in [1.807, 2.05) is 78.0 Å². The molecule has 6 aromatic rings. The molecule has 0 saturated carbocycles. The summed E-state index contributed by atoms with van der Waals surface area (Å²) >= 11 is 0. The smallest absolute Gasteiger partial charge is 0.255 e. The van der Waals surface area contributed by atoms with Gasteiger partial charge in [-0.05, 0) is 109 Å². The van der Waals surface area contributed by atoms with Crippen molar-refractivity contribution < 1.29 is 19.2 Å². The van der Waals surface area contributed by atoms with Gasteiger partial charge in [0.15, 0.2) is 5.82 Å². The normalized spacial score (nSPS) is 17.4. The number of piperidine rings is 1. The number of rotatable bonds is 13. The maximum absolute atomic E-state index is 13.6. The Morgan fingerprint density at radius 1 is 0.754 bits per heavy atom. The Kier molecular flexibility index (Phi) is 13.8. The van der Waals surface area contributed by atoms with Gasteiger partial charge >= 0.3 is 0 Å². The summed E-state index contributed by atoms with van der Waals surface area (Å²) in [5.41, 5.74) is 10.4. The van der Waals surface area contributed by atoms with Gasteiger partial charge in [-0.15, -0.1) is 0 Å². The van der Waals surface area contributed by atoms with Crippen molar-refractivity contribution >= 4 is 46.7 Å². The Labute approximate surface area is 403 Å². The molecule has 2 aromatic heterocycles. The minimum atomic E-state index is -0.580. The Morgan fingerprint density at radius 3 is 2.33 bits per heavy atom. The van der Waals surface area contributed by atoms with Crippen LogP contribution in [-0.2, 0) is 35.5 Å². The van der Waals surface area contributed by atoms with Gasteiger partial charge in [0.2, 0.25) is 11.8 Å². The SMILES string of the molecule is O=C1CCC(N2Cc3c(CCCCCCN4CCN(CC#Cc5ccc(/C=C/c6ccc(C(=O)N7CCc8cnc(-c9cnc%10ccccc%10c9)nc8C7)cc6)cc5)CC4)cccc3C2=O)C(=O)N1. The molecule has 2 saturated heterocycles. The van der Waals surface area contributed by atoms with Crippen LogP contribution in [-0.4, -0.2) is 110 Å². The lowest BCUT2D eigenvalue weighted by Crippen LogP contribution is -2.52. The zero-order valence-electron chi connectivity index (χ0n) is 38.9. The summed E-state index contributed by atoms with van der Waals surface area (Å²) in [4.78, 5) is 73.5. The number of aromatic nitrogens is 3. The molecule has 10 rings (SSSR count). The highest BCUT2D eigenvalue weighted by molar-refractivity contribution is 6.05. The van der Waals surface area contributed by atoms with Crippen LogP contribution >= 0.6 is 0 Å². The second-order valence-corrected chi connectivity index (χ2v) is 18.6. The van der Waals surface area contributed by atoms with Crippen molar-refractivity contribution in [2.45, 2.75) is 70.5 Å². The number of hydrogen-bond donors (Lipinski definition) is 1. The molecular weight excluding hydrogens is 861 g/mol. The van der Waals surface area contributed by atoms with E-state index in [0.29, 0.717) is 43.0 Å². The van der Waals surface area contributed by atoms with E-state index in [9.17, 15) is 19.2 Å². The molecule has 1 atom stereocenters. The molecule has 4 aliphatic heterocycles. The van der Waals surface area contributed by atoms with E-state index >= 15 is 0 Å². The molecule has 6 heterocycles. The van der Waals surface area contributed by atoms with E-state index in [2.05, 4.69) is 85.5 Å². The number of nitrogens with one attached hydrogen (secondary N) is 1. The maximum atomic E-state index is 13.6. The number of pyridine rings is 1. The van der Waals surface area contributed by atoms with Gasteiger partial charge in [0.05, 0.1) is 24.3 Å². The Balaban J connectivity index is 0.619. The van der Waals surface area contributed by atoms with E-state index < -0.39 is 6.04 Å². The second kappa shape index (κ2) is 20.9. The van der Waals surface area contributed by atoms with E-state index in [0.717, 1.165) is 115 Å². The first kappa shape index (κ1) is 45.5. The molecule has 12 nitrogen and oxygen atoms in total. The molecular formula is C57H56N8O4. The lowest BCUT2D eigenvalue weighted by Gasteiger charge is -2.33. The third-order valence-corrected chi connectivity index (χ3v) is 14.0. The van der Waals surface area contributed by atoms with Crippen molar-refractivity contribution in [1.82, 2.24) is 39.9 Å². The van der Waals surface area contributed by atoms with Crippen molar-refractivity contribution in [3.8, 4) is 23.2 Å². The summed E-state index contributed by atoms with van der Waals surface area (Å²) in [7, 11) is 0. The number of carbonyl (C=O) groups is 4. The zero-order valence-corrected chi connectivity index (χ0v) is 38.9. The van der Waals surface area contributed by atoms with Crippen LogP contribution in [0.3, 0.4) is 0 Å². The molecule has 1 unspecified atom stereocenters. The minimum absolute atomic E-state index is 0.00328. The maximum Gasteiger partial charge on any atom is 0.255 e. The molecule has 4 amide bonds. The number of fused-ring (bicyclic) bond motifs is 3. The van der Waals surface area contributed by atoms with Gasteiger partial charge < -0.3 is 14.7 Å². The fourth-order valence-corrected chi connectivity index (χ4v) is 9.91. The van der Waals surface area contributed by atoms with Crippen LogP contribution in [0.1, 0.15) is 98.3 Å². The van der Waals surface area contributed by atoms with Crippen molar-refractivity contribution in [2.24, 2.45) is 0 Å². The number of nitrogens with zero attached hydrogens (tertiary/aromatic N) is 7. The molecule has 0 spiro atoms. The lowest BCUT2D eigenvalue weighted by molar-refractivity contribution is -0.136. The molecule has 12 heteroatoms. The number of amides is 4. The van der Waals surface area contributed by atoms with Gasteiger partial charge in [0.1, 0.15) is 6.04 Å². The number of para-hydroxylation sites is 1. The standard InChI is InChI=1S/C57H56N8O4/c66-53-26-25-52(55(67)61-53)65-38-49-43(12-7-13-48(49)57(65)69)10-3-1-2-6-28-62-31-33-63(34-32-62)29-8-9-40-15-17-41(18-16-40)19-20-42-21-23-44(24-22-42)56(68)64-30-27-46-36-59-54(60-51(46)39-64)47-35-45-11-4-5-14-50(45)58-37-47/h4-5,7,11-24,35-37,52H,1-3,6,10,25-34,38-39H2,(H,61,66,67)/b20-19+. The molecule has 348 valence electrons. The molecule has 69 heavy (non-hydrogen) atoms. The third-order valence-electron chi connectivity index (χ3n) is 14.0. The van der Waals surface area contributed by atoms with E-state index in [-0.39, 0.29) is 30.0 Å². The summed E-state index contributed by atoms with van der Waals surface area (Å²) in [5, 5.41) is 3.43. The minimum Gasteiger partial charge on any atom is -0.332 e. The van der Waals surface area contributed by atoms with E-state index in [4.69, 9.17) is 4.98 Å². The van der Waals surface area contributed by atoms with Crippen molar-refractivity contribution in [2.75, 3.05) is 45.8 Å². The molecule has 2 fully saturated rings. The molecule has 0 aliphatic carbocycles. The number of piperazine rings is 1. The van der Waals surface area contributed by atoms with Crippen LogP contribution in [0.5, 0.6) is 0 Å². The highest BCUT2D eigenvalue weighted by Crippen LogP contribution is 2.31. The molecule has 1 N–H and O–H groups in total. The monoisotopic (exact) mass is 916 g/mol. The van der Waals surface area contributed by atoms with Gasteiger partial charge in [-0.25, -0.2) is 9.97 Å². The highest BCUT2D eigenvalue weighted by Gasteiger charge is 2.39. The van der Waals surface area contributed by atoms with Gasteiger partial charge in [-0.2, -0.15) is 0 Å². The summed E-state index contributed by atoms with van der Waals surface area (Å²) in [6.07, 6.45) is 14.7. The van der Waals surface area contributed by atoms with Crippen LogP contribution in [0.4, 0.5) is 0 Å². The second-order valence-electron chi connectivity index (χ2n) is 18.6. The molecule has 4 aromatic carbocycles. The lowest BCUT2D eigenvalue weighted by atomic mass is 9.98. The fraction of sp³-hybridized carbons (Fsp3) is 0.316. The van der Waals surface area contributed by atoms with Crippen LogP contribution < -0.4 is 5.32 Å². The summed E-state index contributed by atoms with van der Waals surface area (Å²) in [6.45, 7) is 7.55. The average molecular weight is 917 g/mol. The number of carbonyl (C=O) groups excluding carboxylic acids is 4. The average Bonchev–Trinajstić information content (AvgIpc) is 3.72. The van der Waals surface area contributed by atoms with Gasteiger partial charge in [0, 0.05) is 85.7 Å². The largest absolute Gasteiger partial charge is 0.332 e. The molecule has 0 bridgehead atoms. The number of aryl methyl sites for hydroxylation is 1. The quantitative estimate of drug-likeness (QED) is 0.0539. The van der Waals surface area contributed by atoms with Crippen molar-refractivity contribution in [3.05, 3.63) is 160 Å². The van der Waals surface area contributed by atoms with Crippen LogP contribution in [0.25, 0.3) is 34.4 Å². The number of hydrogen-bond acceptors (Lipinski definition) is 9. The van der Waals surface area contributed by atoms with Crippen LogP contribution in [0.15, 0.2) is 109 Å². The summed E-state index contributed by atoms with van der Waals surface area (Å²) in [6, 6.07) is 31.5. The third kappa shape index (κ3) is 10.7. The first-order valence-electron chi connectivity index (χ1n) is 24.4. The predicted octanol–water partition coefficient (Wildman–Crippen LogP) is 7.59. The van der Waals surface area contributed by atoms with Crippen molar-refractivity contribution in [1.29, 1.82) is 0 Å². The van der Waals surface area contributed by atoms with Crippen molar-refractivity contribution in [3.63, 3.8) is 0 Å². The zero-order chi connectivity index (χ0) is 47.1. The Morgan fingerprint density at radius 2 is 1.52 bits per heavy atom. The van der Waals surface area contributed by atoms with E-state index in [1.165, 1.54) is 18.4 Å². The Bertz CT molecular complexity index is 2980. The number of benzene rings is 4. The van der Waals surface area contributed by atoms with Crippen LogP contribution in [0, 0.1) is 11.8 Å².